The highest BCUT2D eigenvalue weighted by Crippen LogP contribution is 2.35. The van der Waals surface area contributed by atoms with Gasteiger partial charge in [-0.3, -0.25) is 0 Å². The first kappa shape index (κ1) is 22.1. The van der Waals surface area contributed by atoms with Crippen molar-refractivity contribution in [2.24, 2.45) is 0 Å². The Bertz CT molecular complexity index is 1020. The Kier molecular flexibility index (Phi) is 7.67. The quantitative estimate of drug-likeness (QED) is 0.355. The molecule has 0 aromatic heterocycles. The number of rotatable bonds is 9. The molecule has 5 heteroatoms. The van der Waals surface area contributed by atoms with Crippen molar-refractivity contribution in [1.82, 2.24) is 0 Å². The molecule has 156 valence electrons. The summed E-state index contributed by atoms with van der Waals surface area (Å²) in [5.74, 6) is 1.43. The molecule has 0 heterocycles. The molecule has 0 unspecified atom stereocenters. The lowest BCUT2D eigenvalue weighted by molar-refractivity contribution is 0.281. The van der Waals surface area contributed by atoms with Gasteiger partial charge in [0.15, 0.2) is 11.5 Å². The van der Waals surface area contributed by atoms with Crippen molar-refractivity contribution >= 4 is 28.9 Å². The highest BCUT2D eigenvalue weighted by molar-refractivity contribution is 6.31. The van der Waals surface area contributed by atoms with E-state index >= 15 is 0 Å². The topological polar surface area (TPSA) is 30.5 Å². The molecule has 3 rings (SSSR count). The van der Waals surface area contributed by atoms with Gasteiger partial charge in [0.1, 0.15) is 6.61 Å². The van der Waals surface area contributed by atoms with E-state index in [9.17, 15) is 0 Å². The normalized spacial score (nSPS) is 10.5. The van der Waals surface area contributed by atoms with Crippen molar-refractivity contribution in [2.45, 2.75) is 26.5 Å². The molecule has 0 atom stereocenters. The van der Waals surface area contributed by atoms with Gasteiger partial charge in [-0.15, -0.1) is 6.58 Å². The molecule has 0 saturated carbocycles. The molecule has 0 aliphatic carbocycles. The largest absolute Gasteiger partial charge is 0.493 e. The minimum atomic E-state index is 0.428. The van der Waals surface area contributed by atoms with Crippen molar-refractivity contribution in [1.29, 1.82) is 0 Å². The first-order valence-electron chi connectivity index (χ1n) is 9.68. The number of ether oxygens (including phenoxy) is 2. The molecular weight excluding hydrogens is 417 g/mol. The first-order chi connectivity index (χ1) is 14.5. The zero-order valence-corrected chi connectivity index (χ0v) is 18.7. The minimum absolute atomic E-state index is 0.428. The summed E-state index contributed by atoms with van der Waals surface area (Å²) in [6.07, 6.45) is 2.54. The lowest BCUT2D eigenvalue weighted by Crippen LogP contribution is -2.05. The summed E-state index contributed by atoms with van der Waals surface area (Å²) in [6, 6.07) is 17.6. The summed E-state index contributed by atoms with van der Waals surface area (Å²) < 4.78 is 11.8. The van der Waals surface area contributed by atoms with Gasteiger partial charge >= 0.3 is 0 Å². The number of aryl methyl sites for hydroxylation is 1. The Labute approximate surface area is 188 Å². The van der Waals surface area contributed by atoms with Crippen molar-refractivity contribution in [2.75, 3.05) is 12.4 Å². The van der Waals surface area contributed by atoms with Crippen LogP contribution in [-0.4, -0.2) is 7.11 Å². The summed E-state index contributed by atoms with van der Waals surface area (Å²) in [6.45, 7) is 7.00. The van der Waals surface area contributed by atoms with Gasteiger partial charge in [-0.05, 0) is 66.4 Å². The summed E-state index contributed by atoms with van der Waals surface area (Å²) >= 11 is 12.1. The van der Waals surface area contributed by atoms with Crippen LogP contribution in [0.3, 0.4) is 0 Å². The van der Waals surface area contributed by atoms with Crippen LogP contribution in [0.2, 0.25) is 10.0 Å². The van der Waals surface area contributed by atoms with Gasteiger partial charge in [-0.1, -0.05) is 47.5 Å². The molecule has 1 N–H and O–H groups in total. The van der Waals surface area contributed by atoms with E-state index in [1.165, 1.54) is 0 Å². The van der Waals surface area contributed by atoms with Gasteiger partial charge in [0.2, 0.25) is 0 Å². The highest BCUT2D eigenvalue weighted by Gasteiger charge is 2.13. The highest BCUT2D eigenvalue weighted by atomic mass is 35.5. The third-order valence-corrected chi connectivity index (χ3v) is 5.24. The fourth-order valence-corrected chi connectivity index (χ4v) is 3.46. The lowest BCUT2D eigenvalue weighted by Gasteiger charge is -2.18. The Morgan fingerprint density at radius 1 is 0.967 bits per heavy atom. The molecule has 30 heavy (non-hydrogen) atoms. The average Bonchev–Trinajstić information content (AvgIpc) is 2.74. The summed E-state index contributed by atoms with van der Waals surface area (Å²) in [4.78, 5) is 0. The summed E-state index contributed by atoms with van der Waals surface area (Å²) in [5, 5.41) is 4.87. The van der Waals surface area contributed by atoms with E-state index in [1.54, 1.807) is 7.11 Å². The minimum Gasteiger partial charge on any atom is -0.493 e. The molecule has 0 saturated heterocycles. The Hall–Kier alpha value is -2.62. The maximum atomic E-state index is 6.14. The van der Waals surface area contributed by atoms with Gasteiger partial charge in [-0.2, -0.15) is 0 Å². The molecular formula is C25H25Cl2NO2. The van der Waals surface area contributed by atoms with Gasteiger partial charge in [-0.25, -0.2) is 0 Å². The number of methoxy groups -OCH3 is 1. The zero-order chi connectivity index (χ0) is 21.5. The number of allylic oxidation sites excluding steroid dienone is 1. The van der Waals surface area contributed by atoms with Crippen LogP contribution >= 0.6 is 23.2 Å². The summed E-state index contributed by atoms with van der Waals surface area (Å²) in [7, 11) is 1.65. The summed E-state index contributed by atoms with van der Waals surface area (Å²) in [5.41, 5.74) is 5.29. The molecule has 3 aromatic carbocycles. The molecule has 0 spiro atoms. The number of anilines is 1. The average molecular weight is 442 g/mol. The fourth-order valence-electron chi connectivity index (χ4n) is 3.17. The van der Waals surface area contributed by atoms with E-state index in [1.807, 2.05) is 54.6 Å². The Morgan fingerprint density at radius 2 is 1.70 bits per heavy atom. The molecule has 0 radical (unpaired) electrons. The standard InChI is InChI=1S/C25H25Cl2NO2/c1-4-5-20-12-19(15-28-23-14-22(27)9-6-17(23)2)13-24(29-3)25(20)30-16-18-7-10-21(26)11-8-18/h4,6-14,28H,1,5,15-16H2,2-3H3. The van der Waals surface area contributed by atoms with Crippen molar-refractivity contribution in [3.05, 3.63) is 99.6 Å². The molecule has 0 bridgehead atoms. The van der Waals surface area contributed by atoms with E-state index in [-0.39, 0.29) is 0 Å². The van der Waals surface area contributed by atoms with Crippen LogP contribution in [0.1, 0.15) is 22.3 Å². The zero-order valence-electron chi connectivity index (χ0n) is 17.2. The number of benzene rings is 3. The number of halogens is 2. The van der Waals surface area contributed by atoms with Crippen LogP contribution in [0.5, 0.6) is 11.5 Å². The maximum Gasteiger partial charge on any atom is 0.165 e. The predicted octanol–water partition coefficient (Wildman–Crippen LogP) is 7.23. The predicted molar refractivity (Wildman–Crippen MR) is 126 cm³/mol. The molecule has 0 aliphatic rings. The fraction of sp³-hybridized carbons (Fsp3) is 0.200. The van der Waals surface area contributed by atoms with Crippen molar-refractivity contribution in [3.63, 3.8) is 0 Å². The van der Waals surface area contributed by atoms with E-state index in [0.29, 0.717) is 35.4 Å². The van der Waals surface area contributed by atoms with Crippen LogP contribution in [0, 0.1) is 6.92 Å². The second-order valence-corrected chi connectivity index (χ2v) is 7.88. The molecule has 3 aromatic rings. The molecule has 0 amide bonds. The van der Waals surface area contributed by atoms with Gasteiger partial charge in [0.05, 0.1) is 7.11 Å². The van der Waals surface area contributed by atoms with E-state index in [0.717, 1.165) is 33.7 Å². The van der Waals surface area contributed by atoms with Crippen LogP contribution < -0.4 is 14.8 Å². The monoisotopic (exact) mass is 441 g/mol. The van der Waals surface area contributed by atoms with Gasteiger partial charge < -0.3 is 14.8 Å². The Morgan fingerprint density at radius 3 is 2.40 bits per heavy atom. The molecule has 3 nitrogen and oxygen atoms in total. The number of hydrogen-bond acceptors (Lipinski definition) is 3. The third-order valence-electron chi connectivity index (χ3n) is 4.75. The van der Waals surface area contributed by atoms with Crippen LogP contribution in [0.15, 0.2) is 67.3 Å². The van der Waals surface area contributed by atoms with Gasteiger partial charge in [0.25, 0.3) is 0 Å². The maximum absolute atomic E-state index is 6.14. The molecule has 0 aliphatic heterocycles. The smallest absolute Gasteiger partial charge is 0.165 e. The Balaban J connectivity index is 1.82. The van der Waals surface area contributed by atoms with Crippen LogP contribution in [0.4, 0.5) is 5.69 Å². The number of nitrogens with one attached hydrogen (secondary N) is 1. The number of hydrogen-bond donors (Lipinski definition) is 1. The SMILES string of the molecule is C=CCc1cc(CNc2cc(Cl)ccc2C)cc(OC)c1OCc1ccc(Cl)cc1. The first-order valence-corrected chi connectivity index (χ1v) is 10.4. The van der Waals surface area contributed by atoms with Crippen LogP contribution in [-0.2, 0) is 19.6 Å². The van der Waals surface area contributed by atoms with E-state index in [4.69, 9.17) is 32.7 Å². The second-order valence-electron chi connectivity index (χ2n) is 7.01. The second kappa shape index (κ2) is 10.4. The van der Waals surface area contributed by atoms with Crippen molar-refractivity contribution in [3.8, 4) is 11.5 Å². The van der Waals surface area contributed by atoms with Gasteiger partial charge in [0, 0.05) is 27.8 Å². The third kappa shape index (κ3) is 5.71. The van der Waals surface area contributed by atoms with Crippen molar-refractivity contribution < 1.29 is 9.47 Å². The molecule has 0 fully saturated rings. The van der Waals surface area contributed by atoms with E-state index < -0.39 is 0 Å². The van der Waals surface area contributed by atoms with Crippen LogP contribution in [0.25, 0.3) is 0 Å². The lowest BCUT2D eigenvalue weighted by atomic mass is 10.0. The van der Waals surface area contributed by atoms with E-state index in [2.05, 4.69) is 24.9 Å².